The Morgan fingerprint density at radius 2 is 2.23 bits per heavy atom. The number of nitrogens with one attached hydrogen (secondary N) is 1. The fourth-order valence-electron chi connectivity index (χ4n) is 1.19. The standard InChI is InChI=1S/C8H5NO4/c10-7(11)4-2-1-3-5-6(4)8(12)13-9-5/h1-3,9H,(H,10,11). The fraction of sp³-hybridized carbons (Fsp3) is 0. The first-order valence-corrected chi connectivity index (χ1v) is 3.53. The third-order valence-electron chi connectivity index (χ3n) is 1.75. The summed E-state index contributed by atoms with van der Waals surface area (Å²) in [4.78, 5) is 21.7. The molecule has 0 amide bonds. The van der Waals surface area contributed by atoms with Gasteiger partial charge in [-0.1, -0.05) is 6.07 Å². The second-order valence-electron chi connectivity index (χ2n) is 2.52. The minimum Gasteiger partial charge on any atom is -0.478 e. The molecule has 2 rings (SSSR count). The van der Waals surface area contributed by atoms with Crippen molar-refractivity contribution < 1.29 is 14.4 Å². The number of aromatic nitrogens is 1. The van der Waals surface area contributed by atoms with E-state index in [9.17, 15) is 9.59 Å². The van der Waals surface area contributed by atoms with Crippen molar-refractivity contribution >= 4 is 16.9 Å². The summed E-state index contributed by atoms with van der Waals surface area (Å²) in [6, 6.07) is 4.47. The molecule has 0 unspecified atom stereocenters. The summed E-state index contributed by atoms with van der Waals surface area (Å²) in [6.07, 6.45) is 0. The van der Waals surface area contributed by atoms with Crippen molar-refractivity contribution in [2.75, 3.05) is 0 Å². The summed E-state index contributed by atoms with van der Waals surface area (Å²) in [5.41, 5.74) is -0.314. The maximum atomic E-state index is 11.0. The first kappa shape index (κ1) is 7.60. The van der Waals surface area contributed by atoms with Gasteiger partial charge >= 0.3 is 11.6 Å². The van der Waals surface area contributed by atoms with E-state index in [2.05, 4.69) is 9.68 Å². The molecule has 0 aliphatic carbocycles. The van der Waals surface area contributed by atoms with Gasteiger partial charge in [0.1, 0.15) is 5.39 Å². The van der Waals surface area contributed by atoms with E-state index in [1.807, 2.05) is 0 Å². The molecule has 1 heterocycles. The lowest BCUT2D eigenvalue weighted by Gasteiger charge is -1.92. The molecule has 0 aliphatic rings. The lowest BCUT2D eigenvalue weighted by atomic mass is 10.1. The predicted octanol–water partition coefficient (Wildman–Crippen LogP) is 0.819. The molecule has 0 radical (unpaired) electrons. The summed E-state index contributed by atoms with van der Waals surface area (Å²) >= 11 is 0. The number of H-pyrrole nitrogens is 1. The van der Waals surface area contributed by atoms with Gasteiger partial charge in [-0.05, 0) is 12.1 Å². The van der Waals surface area contributed by atoms with Gasteiger partial charge in [0, 0.05) is 0 Å². The van der Waals surface area contributed by atoms with Crippen molar-refractivity contribution in [3.63, 3.8) is 0 Å². The Morgan fingerprint density at radius 1 is 1.46 bits per heavy atom. The largest absolute Gasteiger partial charge is 0.478 e. The lowest BCUT2D eigenvalue weighted by Crippen LogP contribution is -2.02. The highest BCUT2D eigenvalue weighted by molar-refractivity contribution is 6.01. The SMILES string of the molecule is O=C(O)c1cccc2[nH]oc(=O)c12. The molecule has 0 fully saturated rings. The predicted molar refractivity (Wildman–Crippen MR) is 43.8 cm³/mol. The van der Waals surface area contributed by atoms with Crippen molar-refractivity contribution in [2.45, 2.75) is 0 Å². The van der Waals surface area contributed by atoms with Crippen molar-refractivity contribution in [3.05, 3.63) is 34.2 Å². The number of benzene rings is 1. The highest BCUT2D eigenvalue weighted by atomic mass is 16.5. The van der Waals surface area contributed by atoms with Gasteiger partial charge in [0.2, 0.25) is 0 Å². The summed E-state index contributed by atoms with van der Waals surface area (Å²) < 4.78 is 4.46. The molecule has 0 bridgehead atoms. The van der Waals surface area contributed by atoms with Crippen LogP contribution in [0.25, 0.3) is 10.9 Å². The molecule has 0 atom stereocenters. The van der Waals surface area contributed by atoms with Crippen molar-refractivity contribution in [1.29, 1.82) is 0 Å². The van der Waals surface area contributed by atoms with Crippen molar-refractivity contribution in [3.8, 4) is 0 Å². The zero-order valence-corrected chi connectivity index (χ0v) is 6.40. The van der Waals surface area contributed by atoms with Gasteiger partial charge in [0.05, 0.1) is 11.1 Å². The van der Waals surface area contributed by atoms with Crippen LogP contribution in [0.1, 0.15) is 10.4 Å². The molecular formula is C8H5NO4. The van der Waals surface area contributed by atoms with Gasteiger partial charge in [0.15, 0.2) is 0 Å². The lowest BCUT2D eigenvalue weighted by molar-refractivity contribution is 0.0699. The Morgan fingerprint density at radius 3 is 2.92 bits per heavy atom. The third kappa shape index (κ3) is 1.01. The molecule has 66 valence electrons. The second-order valence-corrected chi connectivity index (χ2v) is 2.52. The zero-order valence-electron chi connectivity index (χ0n) is 6.40. The number of carbonyl (C=O) groups is 1. The van der Waals surface area contributed by atoms with Crippen LogP contribution in [-0.2, 0) is 0 Å². The molecule has 5 nitrogen and oxygen atoms in total. The second kappa shape index (κ2) is 2.48. The average molecular weight is 179 g/mol. The highest BCUT2D eigenvalue weighted by Gasteiger charge is 2.13. The first-order chi connectivity index (χ1) is 6.20. The number of carboxylic acids is 1. The molecule has 2 N–H and O–H groups in total. The number of rotatable bonds is 1. The van der Waals surface area contributed by atoms with Crippen LogP contribution < -0.4 is 5.63 Å². The van der Waals surface area contributed by atoms with Crippen LogP contribution in [-0.4, -0.2) is 16.2 Å². The maximum absolute atomic E-state index is 11.0. The Labute approximate surface area is 71.6 Å². The Hall–Kier alpha value is -2.04. The summed E-state index contributed by atoms with van der Waals surface area (Å²) in [5.74, 6) is -1.14. The Kier molecular flexibility index (Phi) is 1.45. The van der Waals surface area contributed by atoms with E-state index in [1.54, 1.807) is 6.07 Å². The normalized spacial score (nSPS) is 10.5. The number of fused-ring (bicyclic) bond motifs is 1. The monoisotopic (exact) mass is 179 g/mol. The topological polar surface area (TPSA) is 83.3 Å². The summed E-state index contributed by atoms with van der Waals surface area (Å²) in [7, 11) is 0. The van der Waals surface area contributed by atoms with Gasteiger partial charge < -0.3 is 9.63 Å². The Balaban J connectivity index is 2.96. The van der Waals surface area contributed by atoms with E-state index in [0.717, 1.165) is 0 Å². The van der Waals surface area contributed by atoms with Gasteiger partial charge in [-0.15, -0.1) is 0 Å². The Bertz CT molecular complexity index is 522. The van der Waals surface area contributed by atoms with E-state index < -0.39 is 11.6 Å². The molecule has 5 heteroatoms. The summed E-state index contributed by atoms with van der Waals surface area (Å²) in [5, 5.41) is 11.1. The minimum absolute atomic E-state index is 0.0486. The quantitative estimate of drug-likeness (QED) is 0.678. The van der Waals surface area contributed by atoms with E-state index >= 15 is 0 Å². The highest BCUT2D eigenvalue weighted by Crippen LogP contribution is 2.12. The molecule has 13 heavy (non-hydrogen) atoms. The van der Waals surface area contributed by atoms with Crippen LogP contribution >= 0.6 is 0 Å². The molecule has 1 aromatic heterocycles. The van der Waals surface area contributed by atoms with E-state index in [1.165, 1.54) is 12.1 Å². The van der Waals surface area contributed by atoms with E-state index in [4.69, 9.17) is 5.11 Å². The molecule has 0 aliphatic heterocycles. The van der Waals surface area contributed by atoms with E-state index in [-0.39, 0.29) is 10.9 Å². The number of hydrogen-bond acceptors (Lipinski definition) is 3. The van der Waals surface area contributed by atoms with Crippen molar-refractivity contribution in [1.82, 2.24) is 5.16 Å². The van der Waals surface area contributed by atoms with Crippen LogP contribution in [0.3, 0.4) is 0 Å². The number of aromatic carboxylic acids is 1. The van der Waals surface area contributed by atoms with Gasteiger partial charge in [0.25, 0.3) is 0 Å². The van der Waals surface area contributed by atoms with E-state index in [0.29, 0.717) is 5.52 Å². The zero-order chi connectivity index (χ0) is 9.42. The van der Waals surface area contributed by atoms with Crippen LogP contribution in [0.2, 0.25) is 0 Å². The van der Waals surface area contributed by atoms with Gasteiger partial charge in [-0.3, -0.25) is 0 Å². The number of carboxylic acid groups (broad SMARTS) is 1. The number of aromatic amines is 1. The van der Waals surface area contributed by atoms with Crippen LogP contribution in [0.5, 0.6) is 0 Å². The third-order valence-corrected chi connectivity index (χ3v) is 1.75. The van der Waals surface area contributed by atoms with Crippen LogP contribution in [0, 0.1) is 0 Å². The molecule has 2 aromatic rings. The molecule has 0 spiro atoms. The molecule has 0 saturated heterocycles. The van der Waals surface area contributed by atoms with Crippen LogP contribution in [0.4, 0.5) is 0 Å². The average Bonchev–Trinajstić information content (AvgIpc) is 2.48. The molecule has 0 saturated carbocycles. The maximum Gasteiger partial charge on any atom is 0.365 e. The van der Waals surface area contributed by atoms with Gasteiger partial charge in [-0.2, -0.15) is 0 Å². The van der Waals surface area contributed by atoms with Crippen molar-refractivity contribution in [2.24, 2.45) is 0 Å². The first-order valence-electron chi connectivity index (χ1n) is 3.53. The molecular weight excluding hydrogens is 174 g/mol. The molecule has 1 aromatic carbocycles. The van der Waals surface area contributed by atoms with Crippen LogP contribution in [0.15, 0.2) is 27.5 Å². The summed E-state index contributed by atoms with van der Waals surface area (Å²) in [6.45, 7) is 0. The van der Waals surface area contributed by atoms with Gasteiger partial charge in [-0.25, -0.2) is 14.7 Å². The smallest absolute Gasteiger partial charge is 0.365 e. The fourth-order valence-corrected chi connectivity index (χ4v) is 1.19. The minimum atomic E-state index is -1.14. The number of hydrogen-bond donors (Lipinski definition) is 2.